The van der Waals surface area contributed by atoms with E-state index >= 15 is 0 Å². The lowest BCUT2D eigenvalue weighted by molar-refractivity contribution is -0.129. The van der Waals surface area contributed by atoms with Crippen LogP contribution in [0, 0.1) is 0 Å². The van der Waals surface area contributed by atoms with Gasteiger partial charge in [-0.1, -0.05) is 24.3 Å². The summed E-state index contributed by atoms with van der Waals surface area (Å²) in [6.07, 6.45) is 0. The summed E-state index contributed by atoms with van der Waals surface area (Å²) >= 11 is 0. The largest absolute Gasteiger partial charge is 0.340 e. The van der Waals surface area contributed by atoms with E-state index < -0.39 is 10.0 Å². The van der Waals surface area contributed by atoms with Crippen molar-refractivity contribution in [3.8, 4) is 0 Å². The van der Waals surface area contributed by atoms with Gasteiger partial charge in [-0.15, -0.1) is 0 Å². The molecule has 0 unspecified atom stereocenters. The number of hydrogen-bond donors (Lipinski definition) is 1. The number of hydrogen-bond acceptors (Lipinski definition) is 4. The standard InChI is InChI=1S/C14H21N3O3S/c1-12(18)16-6-8-17(9-7-16)21(19,20)11-14-5-3-2-4-13(14)10-15/h2-5H,6-11,15H2,1H3. The van der Waals surface area contributed by atoms with Gasteiger partial charge in [0.15, 0.2) is 0 Å². The molecular weight excluding hydrogens is 290 g/mol. The number of benzene rings is 1. The Hall–Kier alpha value is -1.44. The van der Waals surface area contributed by atoms with Crippen molar-refractivity contribution in [2.24, 2.45) is 5.73 Å². The Labute approximate surface area is 125 Å². The Bertz CT molecular complexity index is 608. The van der Waals surface area contributed by atoms with Gasteiger partial charge in [-0.2, -0.15) is 4.31 Å². The number of sulfonamides is 1. The molecule has 0 aliphatic carbocycles. The fourth-order valence-electron chi connectivity index (χ4n) is 2.47. The maximum absolute atomic E-state index is 12.5. The van der Waals surface area contributed by atoms with Crippen LogP contribution in [0.5, 0.6) is 0 Å². The minimum Gasteiger partial charge on any atom is -0.340 e. The summed E-state index contributed by atoms with van der Waals surface area (Å²) in [5, 5.41) is 0. The first-order chi connectivity index (χ1) is 9.94. The number of nitrogens with zero attached hydrogens (tertiary/aromatic N) is 2. The van der Waals surface area contributed by atoms with Crippen LogP contribution in [0.25, 0.3) is 0 Å². The average molecular weight is 311 g/mol. The van der Waals surface area contributed by atoms with E-state index in [9.17, 15) is 13.2 Å². The summed E-state index contributed by atoms with van der Waals surface area (Å²) in [6.45, 7) is 3.44. The van der Waals surface area contributed by atoms with Gasteiger partial charge in [0.05, 0.1) is 5.75 Å². The van der Waals surface area contributed by atoms with Gasteiger partial charge in [-0.05, 0) is 11.1 Å². The van der Waals surface area contributed by atoms with Crippen molar-refractivity contribution in [1.82, 2.24) is 9.21 Å². The van der Waals surface area contributed by atoms with E-state index in [0.29, 0.717) is 32.7 Å². The smallest absolute Gasteiger partial charge is 0.219 e. The molecule has 0 atom stereocenters. The van der Waals surface area contributed by atoms with Crippen LogP contribution in [-0.4, -0.2) is 49.7 Å². The number of amides is 1. The molecular formula is C14H21N3O3S. The van der Waals surface area contributed by atoms with Gasteiger partial charge in [0, 0.05) is 39.6 Å². The average Bonchev–Trinajstić information content (AvgIpc) is 2.47. The third-order valence-corrected chi connectivity index (χ3v) is 5.58. The minimum absolute atomic E-state index is 0.0134. The van der Waals surface area contributed by atoms with Crippen LogP contribution in [0.3, 0.4) is 0 Å². The predicted molar refractivity (Wildman–Crippen MR) is 80.8 cm³/mol. The molecule has 6 nitrogen and oxygen atoms in total. The maximum Gasteiger partial charge on any atom is 0.219 e. The molecule has 21 heavy (non-hydrogen) atoms. The molecule has 0 saturated carbocycles. The number of carbonyl (C=O) groups is 1. The molecule has 116 valence electrons. The Morgan fingerprint density at radius 3 is 2.24 bits per heavy atom. The molecule has 0 spiro atoms. The molecule has 7 heteroatoms. The number of carbonyl (C=O) groups excluding carboxylic acids is 1. The Morgan fingerprint density at radius 2 is 1.71 bits per heavy atom. The van der Waals surface area contributed by atoms with Gasteiger partial charge in [0.2, 0.25) is 15.9 Å². The lowest BCUT2D eigenvalue weighted by atomic mass is 10.1. The van der Waals surface area contributed by atoms with Crippen molar-refractivity contribution < 1.29 is 13.2 Å². The van der Waals surface area contributed by atoms with Gasteiger partial charge in [0.1, 0.15) is 0 Å². The van der Waals surface area contributed by atoms with E-state index in [4.69, 9.17) is 5.73 Å². The van der Waals surface area contributed by atoms with E-state index in [1.807, 2.05) is 18.2 Å². The molecule has 0 aromatic heterocycles. The number of nitrogens with two attached hydrogens (primary N) is 1. The maximum atomic E-state index is 12.5. The molecule has 1 saturated heterocycles. The third-order valence-electron chi connectivity index (χ3n) is 3.75. The molecule has 1 aromatic rings. The summed E-state index contributed by atoms with van der Waals surface area (Å²) in [6, 6.07) is 7.31. The van der Waals surface area contributed by atoms with Gasteiger partial charge in [-0.3, -0.25) is 4.79 Å². The molecule has 1 heterocycles. The van der Waals surface area contributed by atoms with Crippen molar-refractivity contribution in [3.63, 3.8) is 0 Å². The highest BCUT2D eigenvalue weighted by atomic mass is 32.2. The molecule has 2 N–H and O–H groups in total. The monoisotopic (exact) mass is 311 g/mol. The third kappa shape index (κ3) is 3.81. The first-order valence-electron chi connectivity index (χ1n) is 6.94. The molecule has 1 amide bonds. The molecule has 1 fully saturated rings. The summed E-state index contributed by atoms with van der Waals surface area (Å²) in [5.41, 5.74) is 7.24. The molecule has 0 bridgehead atoms. The van der Waals surface area contributed by atoms with Crippen LogP contribution >= 0.6 is 0 Å². The first-order valence-corrected chi connectivity index (χ1v) is 8.55. The summed E-state index contributed by atoms with van der Waals surface area (Å²) in [4.78, 5) is 12.9. The topological polar surface area (TPSA) is 83.7 Å². The highest BCUT2D eigenvalue weighted by Gasteiger charge is 2.28. The van der Waals surface area contributed by atoms with Gasteiger partial charge < -0.3 is 10.6 Å². The Balaban J connectivity index is 2.08. The number of rotatable bonds is 4. The Kier molecular flexibility index (Phi) is 4.97. The summed E-state index contributed by atoms with van der Waals surface area (Å²) < 4.78 is 26.4. The van der Waals surface area contributed by atoms with Gasteiger partial charge >= 0.3 is 0 Å². The van der Waals surface area contributed by atoms with Gasteiger partial charge in [0.25, 0.3) is 0 Å². The zero-order chi connectivity index (χ0) is 15.5. The second kappa shape index (κ2) is 6.55. The predicted octanol–water partition coefficient (Wildman–Crippen LogP) is 0.139. The fourth-order valence-corrected chi connectivity index (χ4v) is 4.04. The molecule has 0 radical (unpaired) electrons. The lowest BCUT2D eigenvalue weighted by Gasteiger charge is -2.33. The highest BCUT2D eigenvalue weighted by Crippen LogP contribution is 2.16. The van der Waals surface area contributed by atoms with E-state index in [1.54, 1.807) is 11.0 Å². The van der Waals surface area contributed by atoms with E-state index in [2.05, 4.69) is 0 Å². The summed E-state index contributed by atoms with van der Waals surface area (Å²) in [7, 11) is -3.38. The fraction of sp³-hybridized carbons (Fsp3) is 0.500. The second-order valence-corrected chi connectivity index (χ2v) is 7.10. The van der Waals surface area contributed by atoms with Crippen LogP contribution in [0.15, 0.2) is 24.3 Å². The van der Waals surface area contributed by atoms with Crippen LogP contribution in [-0.2, 0) is 27.1 Å². The molecule has 1 aliphatic rings. The van der Waals surface area contributed by atoms with Crippen LogP contribution in [0.4, 0.5) is 0 Å². The van der Waals surface area contributed by atoms with E-state index in [1.165, 1.54) is 11.2 Å². The van der Waals surface area contributed by atoms with Crippen LogP contribution in [0.1, 0.15) is 18.1 Å². The van der Waals surface area contributed by atoms with E-state index in [-0.39, 0.29) is 11.7 Å². The summed E-state index contributed by atoms with van der Waals surface area (Å²) in [5.74, 6) is -0.0546. The van der Waals surface area contributed by atoms with Crippen LogP contribution < -0.4 is 5.73 Å². The zero-order valence-electron chi connectivity index (χ0n) is 12.2. The molecule has 1 aliphatic heterocycles. The SMILES string of the molecule is CC(=O)N1CCN(S(=O)(=O)Cc2ccccc2CN)CC1. The lowest BCUT2D eigenvalue weighted by Crippen LogP contribution is -2.50. The quantitative estimate of drug-likeness (QED) is 0.857. The van der Waals surface area contributed by atoms with Crippen molar-refractivity contribution in [1.29, 1.82) is 0 Å². The highest BCUT2D eigenvalue weighted by molar-refractivity contribution is 7.88. The first kappa shape index (κ1) is 15.9. The number of piperazine rings is 1. The van der Waals surface area contributed by atoms with Crippen molar-refractivity contribution in [2.45, 2.75) is 19.2 Å². The van der Waals surface area contributed by atoms with Gasteiger partial charge in [-0.25, -0.2) is 8.42 Å². The Morgan fingerprint density at radius 1 is 1.14 bits per heavy atom. The molecule has 2 rings (SSSR count). The zero-order valence-corrected chi connectivity index (χ0v) is 13.0. The van der Waals surface area contributed by atoms with Crippen molar-refractivity contribution >= 4 is 15.9 Å². The van der Waals surface area contributed by atoms with E-state index in [0.717, 1.165) is 11.1 Å². The normalized spacial score (nSPS) is 17.0. The molecule has 1 aromatic carbocycles. The van der Waals surface area contributed by atoms with Crippen LogP contribution in [0.2, 0.25) is 0 Å². The second-order valence-electron chi connectivity index (χ2n) is 5.13. The van der Waals surface area contributed by atoms with Crippen molar-refractivity contribution in [2.75, 3.05) is 26.2 Å². The van der Waals surface area contributed by atoms with Crippen molar-refractivity contribution in [3.05, 3.63) is 35.4 Å². The minimum atomic E-state index is -3.38.